The third-order valence-electron chi connectivity index (χ3n) is 2.81. The minimum atomic E-state index is -0.554. The van der Waals surface area contributed by atoms with Gasteiger partial charge in [0, 0.05) is 12.1 Å². The number of hydrogen-bond donors (Lipinski definition) is 1. The van der Waals surface area contributed by atoms with Crippen molar-refractivity contribution in [2.24, 2.45) is 5.41 Å². The molecule has 1 heterocycles. The summed E-state index contributed by atoms with van der Waals surface area (Å²) in [6, 6.07) is 4.17. The summed E-state index contributed by atoms with van der Waals surface area (Å²) in [5.74, 6) is 0.435. The van der Waals surface area contributed by atoms with Crippen LogP contribution in [0.5, 0.6) is 5.75 Å². The standard InChI is InChI=1S/C11H12ClNO5/c12-9-3-8(1-2-10(9)13(15)16)18-7-11(4-14)5-17-6-11/h1-3,14H,4-7H2. The number of aliphatic hydroxyl groups is 1. The molecule has 0 aliphatic carbocycles. The molecule has 18 heavy (non-hydrogen) atoms. The van der Waals surface area contributed by atoms with E-state index in [9.17, 15) is 15.2 Å². The zero-order valence-electron chi connectivity index (χ0n) is 9.47. The van der Waals surface area contributed by atoms with Crippen molar-refractivity contribution in [1.82, 2.24) is 0 Å². The molecule has 2 rings (SSSR count). The Balaban J connectivity index is 2.02. The Hall–Kier alpha value is -1.37. The van der Waals surface area contributed by atoms with Crippen LogP contribution in [0.2, 0.25) is 5.02 Å². The van der Waals surface area contributed by atoms with E-state index < -0.39 is 4.92 Å². The van der Waals surface area contributed by atoms with Gasteiger partial charge < -0.3 is 14.6 Å². The minimum Gasteiger partial charge on any atom is -0.493 e. The number of ether oxygens (including phenoxy) is 2. The van der Waals surface area contributed by atoms with E-state index in [1.54, 1.807) is 0 Å². The zero-order chi connectivity index (χ0) is 13.2. The van der Waals surface area contributed by atoms with Crippen LogP contribution in [0.1, 0.15) is 0 Å². The van der Waals surface area contributed by atoms with Gasteiger partial charge in [0.15, 0.2) is 0 Å². The first-order valence-electron chi connectivity index (χ1n) is 5.32. The van der Waals surface area contributed by atoms with E-state index in [2.05, 4.69) is 0 Å². The minimum absolute atomic E-state index is 0.0201. The zero-order valence-corrected chi connectivity index (χ0v) is 10.2. The van der Waals surface area contributed by atoms with Gasteiger partial charge in [0.25, 0.3) is 5.69 Å². The van der Waals surface area contributed by atoms with E-state index >= 15 is 0 Å². The second-order valence-corrected chi connectivity index (χ2v) is 4.72. The maximum atomic E-state index is 10.6. The summed E-state index contributed by atoms with van der Waals surface area (Å²) in [5.41, 5.74) is -0.526. The summed E-state index contributed by atoms with van der Waals surface area (Å²) in [7, 11) is 0. The molecule has 0 bridgehead atoms. The number of hydrogen-bond acceptors (Lipinski definition) is 5. The molecule has 0 unspecified atom stereocenters. The van der Waals surface area contributed by atoms with Gasteiger partial charge >= 0.3 is 0 Å². The van der Waals surface area contributed by atoms with Gasteiger partial charge in [-0.05, 0) is 6.07 Å². The van der Waals surface area contributed by atoms with Gasteiger partial charge in [-0.3, -0.25) is 10.1 Å². The van der Waals surface area contributed by atoms with Crippen molar-refractivity contribution in [2.75, 3.05) is 26.4 Å². The Morgan fingerprint density at radius 1 is 1.56 bits per heavy atom. The van der Waals surface area contributed by atoms with E-state index in [1.807, 2.05) is 0 Å². The van der Waals surface area contributed by atoms with Gasteiger partial charge in [-0.1, -0.05) is 11.6 Å². The monoisotopic (exact) mass is 273 g/mol. The lowest BCUT2D eigenvalue weighted by molar-refractivity contribution is -0.384. The van der Waals surface area contributed by atoms with Crippen molar-refractivity contribution in [3.05, 3.63) is 33.3 Å². The normalized spacial score (nSPS) is 17.0. The van der Waals surface area contributed by atoms with Gasteiger partial charge in [-0.15, -0.1) is 0 Å². The van der Waals surface area contributed by atoms with Crippen LogP contribution in [0.4, 0.5) is 5.69 Å². The molecule has 0 saturated carbocycles. The van der Waals surface area contributed by atoms with E-state index in [4.69, 9.17) is 21.1 Å². The average molecular weight is 274 g/mol. The number of nitro groups is 1. The highest BCUT2D eigenvalue weighted by Crippen LogP contribution is 2.31. The Kier molecular flexibility index (Phi) is 3.70. The SMILES string of the molecule is O=[N+]([O-])c1ccc(OCC2(CO)COC2)cc1Cl. The summed E-state index contributed by atoms with van der Waals surface area (Å²) in [5, 5.41) is 19.8. The fourth-order valence-corrected chi connectivity index (χ4v) is 1.81. The number of nitro benzene ring substituents is 1. The Bertz CT molecular complexity index is 455. The van der Waals surface area contributed by atoms with Gasteiger partial charge in [0.2, 0.25) is 0 Å². The smallest absolute Gasteiger partial charge is 0.288 e. The van der Waals surface area contributed by atoms with Crippen molar-refractivity contribution in [3.8, 4) is 5.75 Å². The first-order valence-corrected chi connectivity index (χ1v) is 5.69. The molecule has 7 heteroatoms. The molecule has 1 aromatic rings. The Morgan fingerprint density at radius 2 is 2.28 bits per heavy atom. The Labute approximate surface area is 108 Å². The van der Waals surface area contributed by atoms with Crippen molar-refractivity contribution >= 4 is 17.3 Å². The van der Waals surface area contributed by atoms with E-state index in [0.29, 0.717) is 19.0 Å². The van der Waals surface area contributed by atoms with Gasteiger partial charge in [0.05, 0.1) is 30.2 Å². The van der Waals surface area contributed by atoms with Crippen LogP contribution < -0.4 is 4.74 Å². The number of nitrogens with zero attached hydrogens (tertiary/aromatic N) is 1. The average Bonchev–Trinajstić information content (AvgIpc) is 2.27. The lowest BCUT2D eigenvalue weighted by Crippen LogP contribution is -2.49. The quantitative estimate of drug-likeness (QED) is 0.651. The van der Waals surface area contributed by atoms with Crippen LogP contribution >= 0.6 is 11.6 Å². The molecule has 0 amide bonds. The van der Waals surface area contributed by atoms with Crippen LogP contribution in [0.3, 0.4) is 0 Å². The molecule has 1 aromatic carbocycles. The topological polar surface area (TPSA) is 81.8 Å². The molecule has 6 nitrogen and oxygen atoms in total. The second-order valence-electron chi connectivity index (χ2n) is 4.31. The molecular formula is C11H12ClNO5. The molecule has 1 aliphatic rings. The maximum Gasteiger partial charge on any atom is 0.288 e. The highest BCUT2D eigenvalue weighted by Gasteiger charge is 2.39. The molecule has 1 aliphatic heterocycles. The van der Waals surface area contributed by atoms with Gasteiger partial charge in [-0.25, -0.2) is 0 Å². The highest BCUT2D eigenvalue weighted by atomic mass is 35.5. The van der Waals surface area contributed by atoms with Crippen LogP contribution in [-0.4, -0.2) is 36.5 Å². The van der Waals surface area contributed by atoms with E-state index in [0.717, 1.165) is 0 Å². The summed E-state index contributed by atoms with van der Waals surface area (Å²) in [6.45, 7) is 1.17. The van der Waals surface area contributed by atoms with Crippen LogP contribution in [0.15, 0.2) is 18.2 Å². The predicted octanol–water partition coefficient (Wildman–Crippen LogP) is 1.64. The fraction of sp³-hybridized carbons (Fsp3) is 0.455. The van der Waals surface area contributed by atoms with Crippen molar-refractivity contribution in [3.63, 3.8) is 0 Å². The lowest BCUT2D eigenvalue weighted by Gasteiger charge is -2.39. The number of rotatable bonds is 5. The van der Waals surface area contributed by atoms with Crippen LogP contribution in [0.25, 0.3) is 0 Å². The van der Waals surface area contributed by atoms with Crippen LogP contribution in [-0.2, 0) is 4.74 Å². The number of halogens is 1. The summed E-state index contributed by atoms with van der Waals surface area (Å²) < 4.78 is 10.5. The van der Waals surface area contributed by atoms with Gasteiger partial charge in [-0.2, -0.15) is 0 Å². The third kappa shape index (κ3) is 2.55. The fourth-order valence-electron chi connectivity index (χ4n) is 1.57. The molecule has 0 atom stereocenters. The summed E-state index contributed by atoms with van der Waals surface area (Å²) >= 11 is 5.76. The number of aliphatic hydroxyl groups excluding tert-OH is 1. The molecule has 0 spiro atoms. The lowest BCUT2D eigenvalue weighted by atomic mass is 9.88. The predicted molar refractivity (Wildman–Crippen MR) is 63.9 cm³/mol. The molecular weight excluding hydrogens is 262 g/mol. The number of benzene rings is 1. The van der Waals surface area contributed by atoms with Crippen molar-refractivity contribution in [2.45, 2.75) is 0 Å². The van der Waals surface area contributed by atoms with Gasteiger partial charge in [0.1, 0.15) is 17.4 Å². The first kappa shape index (κ1) is 13.1. The maximum absolute atomic E-state index is 10.6. The van der Waals surface area contributed by atoms with E-state index in [-0.39, 0.29) is 29.3 Å². The van der Waals surface area contributed by atoms with Crippen molar-refractivity contribution < 1.29 is 19.5 Å². The largest absolute Gasteiger partial charge is 0.493 e. The summed E-state index contributed by atoms with van der Waals surface area (Å²) in [4.78, 5) is 10.0. The molecule has 1 saturated heterocycles. The van der Waals surface area contributed by atoms with Crippen LogP contribution in [0, 0.1) is 15.5 Å². The highest BCUT2D eigenvalue weighted by molar-refractivity contribution is 6.32. The molecule has 1 fully saturated rings. The molecule has 0 radical (unpaired) electrons. The molecule has 1 N–H and O–H groups in total. The van der Waals surface area contributed by atoms with E-state index in [1.165, 1.54) is 18.2 Å². The molecule has 98 valence electrons. The second kappa shape index (κ2) is 5.09. The summed E-state index contributed by atoms with van der Waals surface area (Å²) in [6.07, 6.45) is 0. The van der Waals surface area contributed by atoms with Crippen molar-refractivity contribution in [1.29, 1.82) is 0 Å². The first-order chi connectivity index (χ1) is 8.56. The molecule has 0 aromatic heterocycles. The third-order valence-corrected chi connectivity index (χ3v) is 3.12. The Morgan fingerprint density at radius 3 is 2.72 bits per heavy atom.